The van der Waals surface area contributed by atoms with Gasteiger partial charge in [0.1, 0.15) is 0 Å². The molecule has 1 aliphatic rings. The standard InChI is InChI=1S/C12H12BrNO2S/c1-7-4-8(13)5-9-10-6-17(15,16)3-2-11(10)14-12(7)9/h4-5,14H,2-3,6H2,1H3. The van der Waals surface area contributed by atoms with Gasteiger partial charge in [-0.3, -0.25) is 0 Å². The van der Waals surface area contributed by atoms with Gasteiger partial charge in [0.15, 0.2) is 9.84 Å². The van der Waals surface area contributed by atoms with Crippen LogP contribution in [0.4, 0.5) is 0 Å². The van der Waals surface area contributed by atoms with Crippen LogP contribution in [-0.4, -0.2) is 19.2 Å². The van der Waals surface area contributed by atoms with Gasteiger partial charge in [0.25, 0.3) is 0 Å². The molecule has 1 aromatic carbocycles. The molecule has 17 heavy (non-hydrogen) atoms. The minimum absolute atomic E-state index is 0.165. The molecule has 0 fully saturated rings. The molecule has 0 radical (unpaired) electrons. The average molecular weight is 314 g/mol. The maximum absolute atomic E-state index is 11.7. The van der Waals surface area contributed by atoms with E-state index >= 15 is 0 Å². The molecule has 1 N–H and O–H groups in total. The zero-order chi connectivity index (χ0) is 12.2. The molecular formula is C12H12BrNO2S. The third-order valence-corrected chi connectivity index (χ3v) is 5.31. The second kappa shape index (κ2) is 3.59. The van der Waals surface area contributed by atoms with E-state index in [-0.39, 0.29) is 11.5 Å². The highest BCUT2D eigenvalue weighted by Crippen LogP contribution is 2.32. The van der Waals surface area contributed by atoms with Crippen molar-refractivity contribution < 1.29 is 8.42 Å². The van der Waals surface area contributed by atoms with Crippen LogP contribution < -0.4 is 0 Å². The SMILES string of the molecule is Cc1cc(Br)cc2c3c([nH]c12)CCS(=O)(=O)C3. The number of aryl methyl sites for hydroxylation is 2. The smallest absolute Gasteiger partial charge is 0.154 e. The summed E-state index contributed by atoms with van der Waals surface area (Å²) in [6, 6.07) is 4.04. The Morgan fingerprint density at radius 1 is 1.35 bits per heavy atom. The van der Waals surface area contributed by atoms with Crippen molar-refractivity contribution in [3.63, 3.8) is 0 Å². The maximum atomic E-state index is 11.7. The number of benzene rings is 1. The summed E-state index contributed by atoms with van der Waals surface area (Å²) >= 11 is 3.46. The summed E-state index contributed by atoms with van der Waals surface area (Å²) in [5.41, 5.74) is 4.24. The Morgan fingerprint density at radius 2 is 2.12 bits per heavy atom. The van der Waals surface area contributed by atoms with Gasteiger partial charge in [-0.2, -0.15) is 0 Å². The first-order chi connectivity index (χ1) is 7.96. The summed E-state index contributed by atoms with van der Waals surface area (Å²) in [5, 5.41) is 1.04. The first-order valence-electron chi connectivity index (χ1n) is 5.46. The van der Waals surface area contributed by atoms with Gasteiger partial charge in [0, 0.05) is 27.5 Å². The van der Waals surface area contributed by atoms with E-state index in [0.29, 0.717) is 6.42 Å². The monoisotopic (exact) mass is 313 g/mol. The number of aromatic amines is 1. The fourth-order valence-corrected chi connectivity index (χ4v) is 4.47. The summed E-state index contributed by atoms with van der Waals surface area (Å²) in [6.07, 6.45) is 0.601. The van der Waals surface area contributed by atoms with Crippen molar-refractivity contribution in [3.05, 3.63) is 33.4 Å². The second-order valence-corrected chi connectivity index (χ2v) is 7.67. The van der Waals surface area contributed by atoms with Crippen molar-refractivity contribution in [3.8, 4) is 0 Å². The van der Waals surface area contributed by atoms with E-state index < -0.39 is 9.84 Å². The van der Waals surface area contributed by atoms with E-state index in [2.05, 4.69) is 20.9 Å². The van der Waals surface area contributed by atoms with E-state index in [9.17, 15) is 8.42 Å². The lowest BCUT2D eigenvalue weighted by Crippen LogP contribution is -2.18. The molecule has 0 atom stereocenters. The molecule has 0 saturated carbocycles. The average Bonchev–Trinajstić information content (AvgIpc) is 2.55. The Labute approximate surface area is 108 Å². The number of H-pyrrole nitrogens is 1. The lowest BCUT2D eigenvalue weighted by molar-refractivity contribution is 0.591. The van der Waals surface area contributed by atoms with Gasteiger partial charge in [-0.25, -0.2) is 8.42 Å². The quantitative estimate of drug-likeness (QED) is 0.813. The third-order valence-electron chi connectivity index (χ3n) is 3.29. The summed E-state index contributed by atoms with van der Waals surface area (Å²) in [6.45, 7) is 2.03. The van der Waals surface area contributed by atoms with Crippen LogP contribution in [0.3, 0.4) is 0 Å². The number of sulfone groups is 1. The molecule has 0 spiro atoms. The highest BCUT2D eigenvalue weighted by molar-refractivity contribution is 9.10. The first kappa shape index (κ1) is 11.3. The van der Waals surface area contributed by atoms with Gasteiger partial charge in [-0.1, -0.05) is 15.9 Å². The van der Waals surface area contributed by atoms with E-state index in [1.54, 1.807) is 0 Å². The molecule has 0 saturated heterocycles. The van der Waals surface area contributed by atoms with E-state index in [1.807, 2.05) is 19.1 Å². The lowest BCUT2D eigenvalue weighted by Gasteiger charge is -2.11. The number of hydrogen-bond donors (Lipinski definition) is 1. The number of halogens is 1. The van der Waals surface area contributed by atoms with Crippen molar-refractivity contribution >= 4 is 36.7 Å². The minimum atomic E-state index is -2.92. The molecular weight excluding hydrogens is 302 g/mol. The minimum Gasteiger partial charge on any atom is -0.358 e. The molecule has 0 bridgehead atoms. The highest BCUT2D eigenvalue weighted by atomic mass is 79.9. The van der Waals surface area contributed by atoms with Crippen LogP contribution >= 0.6 is 15.9 Å². The number of rotatable bonds is 0. The van der Waals surface area contributed by atoms with Crippen LogP contribution in [0.1, 0.15) is 16.8 Å². The van der Waals surface area contributed by atoms with Crippen LogP contribution in [0.15, 0.2) is 16.6 Å². The summed E-state index contributed by atoms with van der Waals surface area (Å²) in [7, 11) is -2.92. The Bertz CT molecular complexity index is 716. The Kier molecular flexibility index (Phi) is 2.38. The molecule has 5 heteroatoms. The topological polar surface area (TPSA) is 49.9 Å². The second-order valence-electron chi connectivity index (χ2n) is 4.57. The van der Waals surface area contributed by atoms with Gasteiger partial charge in [0.2, 0.25) is 0 Å². The summed E-state index contributed by atoms with van der Waals surface area (Å²) in [5.74, 6) is 0.422. The van der Waals surface area contributed by atoms with Gasteiger partial charge < -0.3 is 4.98 Å². The molecule has 2 heterocycles. The molecule has 3 rings (SSSR count). The highest BCUT2D eigenvalue weighted by Gasteiger charge is 2.25. The first-order valence-corrected chi connectivity index (χ1v) is 8.08. The number of fused-ring (bicyclic) bond motifs is 3. The van der Waals surface area contributed by atoms with E-state index in [1.165, 1.54) is 0 Å². The van der Waals surface area contributed by atoms with Crippen molar-refractivity contribution in [2.75, 3.05) is 5.75 Å². The van der Waals surface area contributed by atoms with Gasteiger partial charge in [-0.15, -0.1) is 0 Å². The largest absolute Gasteiger partial charge is 0.358 e. The van der Waals surface area contributed by atoms with Gasteiger partial charge >= 0.3 is 0 Å². The molecule has 0 amide bonds. The number of nitrogens with one attached hydrogen (secondary N) is 1. The third kappa shape index (κ3) is 1.81. The van der Waals surface area contributed by atoms with Crippen LogP contribution in [0.2, 0.25) is 0 Å². The zero-order valence-electron chi connectivity index (χ0n) is 9.38. The van der Waals surface area contributed by atoms with Crippen molar-refractivity contribution in [1.29, 1.82) is 0 Å². The van der Waals surface area contributed by atoms with Crippen LogP contribution in [0.25, 0.3) is 10.9 Å². The summed E-state index contributed by atoms with van der Waals surface area (Å²) < 4.78 is 24.4. The summed E-state index contributed by atoms with van der Waals surface area (Å²) in [4.78, 5) is 3.36. The zero-order valence-corrected chi connectivity index (χ0v) is 11.8. The molecule has 90 valence electrons. The lowest BCUT2D eigenvalue weighted by atomic mass is 10.1. The Balaban J connectivity index is 2.35. The van der Waals surface area contributed by atoms with Crippen LogP contribution in [-0.2, 0) is 22.0 Å². The van der Waals surface area contributed by atoms with Gasteiger partial charge in [0.05, 0.1) is 11.5 Å². The fraction of sp³-hybridized carbons (Fsp3) is 0.333. The van der Waals surface area contributed by atoms with Crippen molar-refractivity contribution in [2.45, 2.75) is 19.1 Å². The number of aromatic nitrogens is 1. The van der Waals surface area contributed by atoms with Crippen LogP contribution in [0, 0.1) is 6.92 Å². The normalized spacial score (nSPS) is 18.2. The molecule has 3 nitrogen and oxygen atoms in total. The molecule has 1 aliphatic heterocycles. The molecule has 0 unspecified atom stereocenters. The molecule has 2 aromatic rings. The van der Waals surface area contributed by atoms with Crippen LogP contribution in [0.5, 0.6) is 0 Å². The maximum Gasteiger partial charge on any atom is 0.154 e. The molecule has 0 aliphatic carbocycles. The van der Waals surface area contributed by atoms with E-state index in [4.69, 9.17) is 0 Å². The van der Waals surface area contributed by atoms with Gasteiger partial charge in [-0.05, 0) is 30.2 Å². The Morgan fingerprint density at radius 3 is 2.88 bits per heavy atom. The van der Waals surface area contributed by atoms with E-state index in [0.717, 1.165) is 32.2 Å². The Hall–Kier alpha value is -0.810. The van der Waals surface area contributed by atoms with Crippen molar-refractivity contribution in [1.82, 2.24) is 4.98 Å². The predicted molar refractivity (Wildman–Crippen MR) is 71.9 cm³/mol. The fourth-order valence-electron chi connectivity index (χ4n) is 2.46. The van der Waals surface area contributed by atoms with Crippen molar-refractivity contribution in [2.24, 2.45) is 0 Å². The number of hydrogen-bond acceptors (Lipinski definition) is 2. The predicted octanol–water partition coefficient (Wildman–Crippen LogP) is 2.71. The molecule has 1 aromatic heterocycles.